The van der Waals surface area contributed by atoms with Crippen LogP contribution in [0.5, 0.6) is 0 Å². The molecule has 0 bridgehead atoms. The van der Waals surface area contributed by atoms with E-state index in [-0.39, 0.29) is 16.6 Å². The fourth-order valence-corrected chi connectivity index (χ4v) is 4.76. The highest BCUT2D eigenvalue weighted by Crippen LogP contribution is 2.30. The Bertz CT molecular complexity index is 1200. The average molecular weight is 491 g/mol. The molecular weight excluding hydrogens is 464 g/mol. The van der Waals surface area contributed by atoms with Crippen molar-refractivity contribution in [3.8, 4) is 0 Å². The number of carbonyl (C=O) groups excluding carboxylic acids is 2. The third-order valence-electron chi connectivity index (χ3n) is 5.41. The van der Waals surface area contributed by atoms with E-state index in [0.29, 0.717) is 0 Å². The van der Waals surface area contributed by atoms with Gasteiger partial charge in [-0.3, -0.25) is 19.7 Å². The molecule has 0 heterocycles. The van der Waals surface area contributed by atoms with Crippen molar-refractivity contribution in [1.29, 1.82) is 0 Å². The van der Waals surface area contributed by atoms with Gasteiger partial charge in [0.25, 0.3) is 11.6 Å². The Morgan fingerprint density at radius 1 is 1.21 bits per heavy atom. The minimum absolute atomic E-state index is 0.171. The molecule has 0 radical (unpaired) electrons. The number of esters is 1. The summed E-state index contributed by atoms with van der Waals surface area (Å²) in [7, 11) is -1.04. The molecule has 0 aliphatic heterocycles. The van der Waals surface area contributed by atoms with Gasteiger partial charge in [-0.25, -0.2) is 8.42 Å². The van der Waals surface area contributed by atoms with Crippen LogP contribution in [-0.2, 0) is 30.8 Å². The number of benzene rings is 2. The van der Waals surface area contributed by atoms with Crippen molar-refractivity contribution in [2.24, 2.45) is 0 Å². The van der Waals surface area contributed by atoms with Crippen LogP contribution in [0.1, 0.15) is 30.0 Å². The van der Waals surface area contributed by atoms with Crippen LogP contribution in [0, 0.1) is 10.1 Å². The van der Waals surface area contributed by atoms with E-state index in [1.165, 1.54) is 22.6 Å². The smallest absolute Gasteiger partial charge is 0.321 e. The van der Waals surface area contributed by atoms with Crippen molar-refractivity contribution in [3.63, 3.8) is 0 Å². The van der Waals surface area contributed by atoms with Crippen LogP contribution >= 0.6 is 0 Å². The molecule has 0 saturated heterocycles. The topological polar surface area (TPSA) is 148 Å². The summed E-state index contributed by atoms with van der Waals surface area (Å²) in [6, 6.07) is 11.1. The van der Waals surface area contributed by atoms with E-state index in [1.807, 2.05) is 29.0 Å². The highest BCUT2D eigenvalue weighted by atomic mass is 32.2. The van der Waals surface area contributed by atoms with Crippen molar-refractivity contribution in [3.05, 3.63) is 63.7 Å². The number of nitrogens with zero attached hydrogens (tertiary/aromatic N) is 2. The molecule has 2 aromatic rings. The van der Waals surface area contributed by atoms with E-state index >= 15 is 0 Å². The summed E-state index contributed by atoms with van der Waals surface area (Å²) in [6.45, 7) is -1.28. The molecule has 1 aliphatic carbocycles. The Morgan fingerprint density at radius 2 is 1.94 bits per heavy atom. The Balaban J connectivity index is 1.53. The first-order valence-corrected chi connectivity index (χ1v) is 12.0. The molecule has 1 aliphatic rings. The lowest BCUT2D eigenvalue weighted by molar-refractivity contribution is -0.384. The highest BCUT2D eigenvalue weighted by molar-refractivity contribution is 7.89. The van der Waals surface area contributed by atoms with E-state index in [4.69, 9.17) is 4.74 Å². The zero-order valence-corrected chi connectivity index (χ0v) is 19.6. The molecule has 34 heavy (non-hydrogen) atoms. The number of amides is 1. The normalized spacial score (nSPS) is 15.2. The number of sulfonamides is 1. The lowest BCUT2D eigenvalue weighted by atomic mass is 9.88. The summed E-state index contributed by atoms with van der Waals surface area (Å²) >= 11 is 0. The van der Waals surface area contributed by atoms with Gasteiger partial charge in [0.15, 0.2) is 6.61 Å². The summed E-state index contributed by atoms with van der Waals surface area (Å²) in [5.41, 5.74) is 2.05. The lowest BCUT2D eigenvalue weighted by Crippen LogP contribution is -2.36. The van der Waals surface area contributed by atoms with Gasteiger partial charge >= 0.3 is 5.97 Å². The number of nitro groups is 1. The first-order valence-electron chi connectivity index (χ1n) is 10.6. The molecule has 11 nitrogen and oxygen atoms in total. The van der Waals surface area contributed by atoms with Gasteiger partial charge in [0.2, 0.25) is 10.0 Å². The van der Waals surface area contributed by atoms with Crippen LogP contribution < -0.4 is 14.9 Å². The van der Waals surface area contributed by atoms with E-state index in [2.05, 4.69) is 5.32 Å². The van der Waals surface area contributed by atoms with E-state index < -0.39 is 45.7 Å². The number of nitro benzene ring substituents is 1. The predicted octanol–water partition coefficient (Wildman–Crippen LogP) is 1.68. The highest BCUT2D eigenvalue weighted by Gasteiger charge is 2.24. The molecular formula is C22H26N4O7S. The van der Waals surface area contributed by atoms with Crippen molar-refractivity contribution < 1.29 is 27.7 Å². The zero-order chi connectivity index (χ0) is 24.9. The number of hydrogen-bond acceptors (Lipinski definition) is 8. The van der Waals surface area contributed by atoms with Crippen molar-refractivity contribution in [1.82, 2.24) is 10.0 Å². The molecule has 2 aromatic carbocycles. The van der Waals surface area contributed by atoms with Gasteiger partial charge in [0, 0.05) is 20.2 Å². The summed E-state index contributed by atoms with van der Waals surface area (Å²) in [5.74, 6) is -1.45. The van der Waals surface area contributed by atoms with Gasteiger partial charge in [0.1, 0.15) is 12.2 Å². The summed E-state index contributed by atoms with van der Waals surface area (Å²) in [6.07, 6.45) is 2.64. The second kappa shape index (κ2) is 10.6. The molecule has 12 heteroatoms. The molecule has 0 spiro atoms. The number of ether oxygens (including phenoxy) is 1. The third kappa shape index (κ3) is 6.08. The Hall–Kier alpha value is -3.51. The van der Waals surface area contributed by atoms with Gasteiger partial charge in [-0.05, 0) is 42.5 Å². The number of anilines is 1. The molecule has 1 unspecified atom stereocenters. The van der Waals surface area contributed by atoms with Crippen LogP contribution in [0.15, 0.2) is 47.4 Å². The van der Waals surface area contributed by atoms with Crippen molar-refractivity contribution in [2.45, 2.75) is 30.2 Å². The first kappa shape index (κ1) is 25.1. The second-order valence-corrected chi connectivity index (χ2v) is 9.77. The maximum atomic E-state index is 12.5. The number of nitrogens with one attached hydrogen (secondary N) is 2. The van der Waals surface area contributed by atoms with Gasteiger partial charge < -0.3 is 15.0 Å². The summed E-state index contributed by atoms with van der Waals surface area (Å²) in [4.78, 5) is 35.9. The number of aryl methyl sites for hydroxylation is 1. The minimum atomic E-state index is -4.22. The second-order valence-electron chi connectivity index (χ2n) is 8.00. The summed E-state index contributed by atoms with van der Waals surface area (Å²) < 4.78 is 31.9. The molecule has 0 saturated carbocycles. The fourth-order valence-electron chi connectivity index (χ4n) is 3.77. The summed E-state index contributed by atoms with van der Waals surface area (Å²) in [5, 5.41) is 14.1. The van der Waals surface area contributed by atoms with Gasteiger partial charge in [-0.1, -0.05) is 24.3 Å². The number of fused-ring (bicyclic) bond motifs is 1. The maximum absolute atomic E-state index is 12.5. The molecule has 0 fully saturated rings. The van der Waals surface area contributed by atoms with Crippen molar-refractivity contribution >= 4 is 33.3 Å². The number of hydrogen-bond donors (Lipinski definition) is 2. The molecule has 3 rings (SSSR count). The standard InChI is InChI=1S/C22H26N4O7S/c1-25(2)19-11-10-16(12-20(19)26(29)30)34(31,32)23-13-22(28)33-14-21(27)24-18-9-5-7-15-6-3-4-8-17(15)18/h3-4,6,8,10-12,18,23H,5,7,9,13-14H2,1-2H3,(H,24,27). The zero-order valence-electron chi connectivity index (χ0n) is 18.8. The number of rotatable bonds is 9. The Morgan fingerprint density at radius 3 is 2.65 bits per heavy atom. The van der Waals surface area contributed by atoms with E-state index in [0.717, 1.165) is 30.9 Å². The molecule has 182 valence electrons. The lowest BCUT2D eigenvalue weighted by Gasteiger charge is -2.26. The van der Waals surface area contributed by atoms with Crippen LogP contribution in [0.4, 0.5) is 11.4 Å². The average Bonchev–Trinajstić information content (AvgIpc) is 2.81. The number of carbonyl (C=O) groups is 2. The molecule has 1 atom stereocenters. The fraction of sp³-hybridized carbons (Fsp3) is 0.364. The predicted molar refractivity (Wildman–Crippen MR) is 124 cm³/mol. The van der Waals surface area contributed by atoms with Gasteiger partial charge in [0.05, 0.1) is 15.9 Å². The van der Waals surface area contributed by atoms with Gasteiger partial charge in [-0.2, -0.15) is 4.72 Å². The molecule has 0 aromatic heterocycles. The largest absolute Gasteiger partial charge is 0.455 e. The van der Waals surface area contributed by atoms with E-state index in [1.54, 1.807) is 14.1 Å². The minimum Gasteiger partial charge on any atom is -0.455 e. The van der Waals surface area contributed by atoms with Gasteiger partial charge in [-0.15, -0.1) is 0 Å². The maximum Gasteiger partial charge on any atom is 0.321 e. The molecule has 2 N–H and O–H groups in total. The van der Waals surface area contributed by atoms with Crippen LogP contribution in [0.3, 0.4) is 0 Å². The Labute approximate surface area is 197 Å². The van der Waals surface area contributed by atoms with Crippen LogP contribution in [0.25, 0.3) is 0 Å². The van der Waals surface area contributed by atoms with E-state index in [9.17, 15) is 28.1 Å². The SMILES string of the molecule is CN(C)c1ccc(S(=O)(=O)NCC(=O)OCC(=O)NC2CCCc3ccccc32)cc1[N+](=O)[O-]. The monoisotopic (exact) mass is 490 g/mol. The Kier molecular flexibility index (Phi) is 7.84. The molecule has 1 amide bonds. The van der Waals surface area contributed by atoms with Crippen LogP contribution in [-0.4, -0.2) is 52.5 Å². The van der Waals surface area contributed by atoms with Crippen molar-refractivity contribution in [2.75, 3.05) is 32.1 Å². The first-order chi connectivity index (χ1) is 16.1. The quantitative estimate of drug-likeness (QED) is 0.306. The van der Waals surface area contributed by atoms with Crippen LogP contribution in [0.2, 0.25) is 0 Å². The third-order valence-corrected chi connectivity index (χ3v) is 6.81.